The van der Waals surface area contributed by atoms with E-state index in [9.17, 15) is 4.79 Å². The Labute approximate surface area is 101 Å². The molecule has 1 aromatic heterocycles. The Morgan fingerprint density at radius 3 is 2.76 bits per heavy atom. The molecule has 96 valence electrons. The van der Waals surface area contributed by atoms with E-state index in [4.69, 9.17) is 10.8 Å². The third kappa shape index (κ3) is 4.58. The van der Waals surface area contributed by atoms with Gasteiger partial charge in [0.15, 0.2) is 0 Å². The van der Waals surface area contributed by atoms with Crippen molar-refractivity contribution in [1.29, 1.82) is 0 Å². The Kier molecular flexibility index (Phi) is 5.72. The molecule has 0 radical (unpaired) electrons. The molecule has 0 unspecified atom stereocenters. The maximum Gasteiger partial charge on any atom is 0.250 e. The van der Waals surface area contributed by atoms with Crippen molar-refractivity contribution in [2.75, 3.05) is 32.0 Å². The summed E-state index contributed by atoms with van der Waals surface area (Å²) in [7, 11) is 0. The highest BCUT2D eigenvalue weighted by molar-refractivity contribution is 5.33. The van der Waals surface area contributed by atoms with Crippen LogP contribution in [0.4, 0.5) is 5.69 Å². The molecular weight excluding hydrogens is 218 g/mol. The Balaban J connectivity index is 2.58. The van der Waals surface area contributed by atoms with E-state index in [2.05, 4.69) is 11.8 Å². The number of nitrogens with two attached hydrogens (primary N) is 1. The average molecular weight is 239 g/mol. The Hall–Kier alpha value is -1.33. The van der Waals surface area contributed by atoms with Crippen LogP contribution in [0.3, 0.4) is 0 Å². The van der Waals surface area contributed by atoms with Crippen molar-refractivity contribution in [2.45, 2.75) is 19.9 Å². The van der Waals surface area contributed by atoms with Gasteiger partial charge in [0.05, 0.1) is 6.61 Å². The van der Waals surface area contributed by atoms with Crippen molar-refractivity contribution in [2.24, 2.45) is 0 Å². The molecule has 0 amide bonds. The van der Waals surface area contributed by atoms with Crippen LogP contribution in [0.15, 0.2) is 23.1 Å². The van der Waals surface area contributed by atoms with Crippen LogP contribution in [0.1, 0.15) is 13.3 Å². The van der Waals surface area contributed by atoms with Crippen LogP contribution in [0.5, 0.6) is 0 Å². The van der Waals surface area contributed by atoms with Crippen LogP contribution in [-0.2, 0) is 6.54 Å². The summed E-state index contributed by atoms with van der Waals surface area (Å²) in [6.45, 7) is 5.16. The number of pyridine rings is 1. The number of hydrogen-bond donors (Lipinski definition) is 2. The number of aromatic nitrogens is 1. The van der Waals surface area contributed by atoms with Crippen molar-refractivity contribution in [3.63, 3.8) is 0 Å². The molecule has 0 atom stereocenters. The fraction of sp³-hybridized carbons (Fsp3) is 0.583. The van der Waals surface area contributed by atoms with E-state index in [1.165, 1.54) is 6.07 Å². The molecule has 5 heteroatoms. The van der Waals surface area contributed by atoms with Gasteiger partial charge in [-0.3, -0.25) is 9.69 Å². The van der Waals surface area contributed by atoms with Gasteiger partial charge in [0.1, 0.15) is 0 Å². The molecule has 0 saturated heterocycles. The largest absolute Gasteiger partial charge is 0.398 e. The quantitative estimate of drug-likeness (QED) is 0.709. The first-order chi connectivity index (χ1) is 8.17. The van der Waals surface area contributed by atoms with E-state index in [0.717, 1.165) is 19.5 Å². The van der Waals surface area contributed by atoms with Crippen LogP contribution in [0.25, 0.3) is 0 Å². The molecule has 0 fully saturated rings. The van der Waals surface area contributed by atoms with Crippen LogP contribution in [-0.4, -0.2) is 40.8 Å². The molecule has 3 N–H and O–H groups in total. The molecule has 0 bridgehead atoms. The molecule has 5 nitrogen and oxygen atoms in total. The van der Waals surface area contributed by atoms with Gasteiger partial charge in [-0.15, -0.1) is 0 Å². The molecule has 0 spiro atoms. The van der Waals surface area contributed by atoms with Gasteiger partial charge in [0.25, 0.3) is 5.56 Å². The van der Waals surface area contributed by atoms with Gasteiger partial charge in [-0.05, 0) is 19.0 Å². The third-order valence-corrected chi connectivity index (χ3v) is 2.62. The normalized spacial score (nSPS) is 11.0. The molecule has 0 saturated carbocycles. The fourth-order valence-corrected chi connectivity index (χ4v) is 1.77. The first kappa shape index (κ1) is 13.7. The van der Waals surface area contributed by atoms with Crippen molar-refractivity contribution in [3.8, 4) is 0 Å². The highest BCUT2D eigenvalue weighted by atomic mass is 16.3. The van der Waals surface area contributed by atoms with Gasteiger partial charge >= 0.3 is 0 Å². The van der Waals surface area contributed by atoms with E-state index in [0.29, 0.717) is 18.8 Å². The van der Waals surface area contributed by atoms with Crippen LogP contribution >= 0.6 is 0 Å². The van der Waals surface area contributed by atoms with E-state index in [1.807, 2.05) is 0 Å². The van der Waals surface area contributed by atoms with E-state index in [-0.39, 0.29) is 12.2 Å². The minimum atomic E-state index is -0.0420. The van der Waals surface area contributed by atoms with Crippen molar-refractivity contribution < 1.29 is 5.11 Å². The van der Waals surface area contributed by atoms with Crippen molar-refractivity contribution in [1.82, 2.24) is 9.47 Å². The second kappa shape index (κ2) is 7.09. The SMILES string of the molecule is CCCN(CCO)CCn1cc(N)ccc1=O. The van der Waals surface area contributed by atoms with Gasteiger partial charge in [-0.25, -0.2) is 0 Å². The van der Waals surface area contributed by atoms with E-state index in [1.54, 1.807) is 16.8 Å². The lowest BCUT2D eigenvalue weighted by molar-refractivity contribution is 0.191. The lowest BCUT2D eigenvalue weighted by atomic mass is 10.3. The minimum Gasteiger partial charge on any atom is -0.398 e. The monoisotopic (exact) mass is 239 g/mol. The third-order valence-electron chi connectivity index (χ3n) is 2.62. The average Bonchev–Trinajstić information content (AvgIpc) is 2.30. The molecule has 1 heterocycles. The predicted molar refractivity (Wildman–Crippen MR) is 68.9 cm³/mol. The fourth-order valence-electron chi connectivity index (χ4n) is 1.77. The highest BCUT2D eigenvalue weighted by Crippen LogP contribution is 1.97. The maximum atomic E-state index is 11.5. The summed E-state index contributed by atoms with van der Waals surface area (Å²) in [6.07, 6.45) is 2.69. The second-order valence-corrected chi connectivity index (χ2v) is 4.06. The smallest absolute Gasteiger partial charge is 0.250 e. The molecule has 0 aliphatic rings. The highest BCUT2D eigenvalue weighted by Gasteiger charge is 2.04. The number of aliphatic hydroxyl groups excluding tert-OH is 1. The summed E-state index contributed by atoms with van der Waals surface area (Å²) in [6, 6.07) is 3.09. The zero-order valence-corrected chi connectivity index (χ0v) is 10.3. The summed E-state index contributed by atoms with van der Waals surface area (Å²) >= 11 is 0. The van der Waals surface area contributed by atoms with Crippen LogP contribution in [0, 0.1) is 0 Å². The standard InChI is InChI=1S/C12H21N3O2/c1-2-5-14(8-9-16)6-7-15-10-11(13)3-4-12(15)17/h3-4,10,16H,2,5-9,13H2,1H3. The summed E-state index contributed by atoms with van der Waals surface area (Å²) in [5.74, 6) is 0. The number of hydrogen-bond acceptors (Lipinski definition) is 4. The predicted octanol–water partition coefficient (Wildman–Crippen LogP) is 0.135. The molecule has 0 aromatic carbocycles. The lowest BCUT2D eigenvalue weighted by Gasteiger charge is -2.20. The molecule has 17 heavy (non-hydrogen) atoms. The molecule has 0 aliphatic carbocycles. The second-order valence-electron chi connectivity index (χ2n) is 4.06. The number of nitrogens with zero attached hydrogens (tertiary/aromatic N) is 2. The summed E-state index contributed by atoms with van der Waals surface area (Å²) in [5, 5.41) is 8.93. The van der Waals surface area contributed by atoms with E-state index >= 15 is 0 Å². The lowest BCUT2D eigenvalue weighted by Crippen LogP contribution is -2.33. The zero-order valence-electron chi connectivity index (χ0n) is 10.3. The molecular formula is C12H21N3O2. The van der Waals surface area contributed by atoms with Crippen LogP contribution in [0.2, 0.25) is 0 Å². The van der Waals surface area contributed by atoms with Crippen molar-refractivity contribution >= 4 is 5.69 Å². The summed E-state index contributed by atoms with van der Waals surface area (Å²) in [4.78, 5) is 13.7. The first-order valence-electron chi connectivity index (χ1n) is 5.96. The van der Waals surface area contributed by atoms with E-state index < -0.39 is 0 Å². The van der Waals surface area contributed by atoms with Gasteiger partial charge in [0.2, 0.25) is 0 Å². The maximum absolute atomic E-state index is 11.5. The summed E-state index contributed by atoms with van der Waals surface area (Å²) in [5.41, 5.74) is 6.19. The van der Waals surface area contributed by atoms with Crippen LogP contribution < -0.4 is 11.3 Å². The Morgan fingerprint density at radius 2 is 2.12 bits per heavy atom. The minimum absolute atomic E-state index is 0.0420. The number of rotatable bonds is 7. The molecule has 1 rings (SSSR count). The first-order valence-corrected chi connectivity index (χ1v) is 5.96. The molecule has 1 aromatic rings. The van der Waals surface area contributed by atoms with Gasteiger partial charge in [0, 0.05) is 37.6 Å². The molecule has 0 aliphatic heterocycles. The zero-order chi connectivity index (χ0) is 12.7. The number of aliphatic hydroxyl groups is 1. The number of nitrogen functional groups attached to an aromatic ring is 1. The van der Waals surface area contributed by atoms with Gasteiger partial charge in [-0.1, -0.05) is 6.92 Å². The van der Waals surface area contributed by atoms with Crippen molar-refractivity contribution in [3.05, 3.63) is 28.7 Å². The topological polar surface area (TPSA) is 71.5 Å². The Bertz CT molecular complexity index is 384. The van der Waals surface area contributed by atoms with Gasteiger partial charge in [-0.2, -0.15) is 0 Å². The summed E-state index contributed by atoms with van der Waals surface area (Å²) < 4.78 is 1.61. The Morgan fingerprint density at radius 1 is 1.35 bits per heavy atom. The number of anilines is 1. The van der Waals surface area contributed by atoms with Gasteiger partial charge < -0.3 is 15.4 Å².